The van der Waals surface area contributed by atoms with E-state index < -0.39 is 17.7 Å². The van der Waals surface area contributed by atoms with Gasteiger partial charge in [-0.15, -0.1) is 0 Å². The van der Waals surface area contributed by atoms with E-state index in [1.54, 1.807) is 12.1 Å². The van der Waals surface area contributed by atoms with Crippen LogP contribution in [0.5, 0.6) is 0 Å². The molecule has 1 atom stereocenters. The molecule has 0 amide bonds. The van der Waals surface area contributed by atoms with Crippen molar-refractivity contribution in [3.63, 3.8) is 0 Å². The average Bonchev–Trinajstić information content (AvgIpc) is 2.64. The van der Waals surface area contributed by atoms with Crippen LogP contribution in [0.25, 0.3) is 21.9 Å². The van der Waals surface area contributed by atoms with Gasteiger partial charge in [-0.1, -0.05) is 42.5 Å². The molecule has 0 heterocycles. The van der Waals surface area contributed by atoms with Gasteiger partial charge in [-0.25, -0.2) is 4.79 Å². The molecule has 0 fully saturated rings. The van der Waals surface area contributed by atoms with Gasteiger partial charge in [0, 0.05) is 5.56 Å². The van der Waals surface area contributed by atoms with E-state index in [9.17, 15) is 15.2 Å². The van der Waals surface area contributed by atoms with Crippen LogP contribution in [0.3, 0.4) is 0 Å². The van der Waals surface area contributed by atoms with Crippen LogP contribution < -0.4 is 0 Å². The quantitative estimate of drug-likeness (QED) is 0.643. The molecule has 4 heteroatoms. The topological polar surface area (TPSA) is 70.3 Å². The third kappa shape index (κ3) is 3.90. The van der Waals surface area contributed by atoms with Gasteiger partial charge in [-0.2, -0.15) is 5.26 Å². The van der Waals surface area contributed by atoms with Crippen molar-refractivity contribution >= 4 is 16.7 Å². The Kier molecular flexibility index (Phi) is 5.22. The van der Waals surface area contributed by atoms with Crippen molar-refractivity contribution in [2.45, 2.75) is 39.4 Å². The molecule has 0 aliphatic heterocycles. The third-order valence-corrected chi connectivity index (χ3v) is 4.53. The van der Waals surface area contributed by atoms with E-state index in [0.717, 1.165) is 27.5 Å². The number of rotatable bonds is 4. The lowest BCUT2D eigenvalue weighted by Gasteiger charge is -2.28. The predicted molar refractivity (Wildman–Crippen MR) is 110 cm³/mol. The number of aryl methyl sites for hydroxylation is 1. The lowest BCUT2D eigenvalue weighted by molar-refractivity contribution is -0.160. The summed E-state index contributed by atoms with van der Waals surface area (Å²) in [6.45, 7) is 7.43. The van der Waals surface area contributed by atoms with Crippen LogP contribution in [0.4, 0.5) is 0 Å². The van der Waals surface area contributed by atoms with E-state index in [4.69, 9.17) is 4.74 Å². The molecule has 0 saturated heterocycles. The minimum Gasteiger partial charge on any atom is -0.479 e. The molecule has 142 valence electrons. The minimum atomic E-state index is -1.12. The standard InChI is InChI=1S/C24H23NO3/c1-15-12-17-9-5-6-11-19(17)21(18-10-7-8-16(13-18)14-25)20(15)22(23(26)27)28-24(2,3)4/h5-13,22H,1-4H3,(H,26,27)/t22-/m0/s1. The van der Waals surface area contributed by atoms with Crippen LogP contribution >= 0.6 is 0 Å². The summed E-state index contributed by atoms with van der Waals surface area (Å²) < 4.78 is 5.97. The van der Waals surface area contributed by atoms with E-state index >= 15 is 0 Å². The number of benzene rings is 3. The zero-order valence-corrected chi connectivity index (χ0v) is 16.5. The van der Waals surface area contributed by atoms with Gasteiger partial charge >= 0.3 is 5.97 Å². The Morgan fingerprint density at radius 2 is 1.82 bits per heavy atom. The number of carboxylic acids is 1. The van der Waals surface area contributed by atoms with Gasteiger partial charge in [0.25, 0.3) is 0 Å². The first-order chi connectivity index (χ1) is 13.2. The summed E-state index contributed by atoms with van der Waals surface area (Å²) in [4.78, 5) is 12.2. The van der Waals surface area contributed by atoms with Crippen LogP contribution in [-0.2, 0) is 9.53 Å². The molecule has 4 nitrogen and oxygen atoms in total. The lowest BCUT2D eigenvalue weighted by Crippen LogP contribution is -2.28. The van der Waals surface area contributed by atoms with Crippen molar-refractivity contribution < 1.29 is 14.6 Å². The van der Waals surface area contributed by atoms with Gasteiger partial charge in [0.05, 0.1) is 17.2 Å². The smallest absolute Gasteiger partial charge is 0.337 e. The van der Waals surface area contributed by atoms with Crippen molar-refractivity contribution in [3.05, 3.63) is 71.3 Å². The van der Waals surface area contributed by atoms with Gasteiger partial charge in [-0.05, 0) is 67.3 Å². The van der Waals surface area contributed by atoms with Crippen molar-refractivity contribution in [1.29, 1.82) is 5.26 Å². The number of nitriles is 1. The third-order valence-electron chi connectivity index (χ3n) is 4.53. The lowest BCUT2D eigenvalue weighted by atomic mass is 9.87. The fourth-order valence-electron chi connectivity index (χ4n) is 3.48. The molecule has 0 spiro atoms. The van der Waals surface area contributed by atoms with Crippen molar-refractivity contribution in [3.8, 4) is 17.2 Å². The number of hydrogen-bond donors (Lipinski definition) is 1. The molecule has 0 saturated carbocycles. The summed E-state index contributed by atoms with van der Waals surface area (Å²) in [5, 5.41) is 21.3. The molecule has 0 aliphatic carbocycles. The first-order valence-corrected chi connectivity index (χ1v) is 9.14. The molecule has 0 radical (unpaired) electrons. The maximum absolute atomic E-state index is 12.2. The maximum atomic E-state index is 12.2. The van der Waals surface area contributed by atoms with E-state index in [1.807, 2.05) is 70.2 Å². The average molecular weight is 373 g/mol. The van der Waals surface area contributed by atoms with Crippen molar-refractivity contribution in [2.24, 2.45) is 0 Å². The first kappa shape index (κ1) is 19.6. The summed E-state index contributed by atoms with van der Waals surface area (Å²) in [5.74, 6) is -1.04. The van der Waals surface area contributed by atoms with Gasteiger partial charge in [-0.3, -0.25) is 0 Å². The zero-order valence-electron chi connectivity index (χ0n) is 16.5. The highest BCUT2D eigenvalue weighted by Crippen LogP contribution is 2.40. The highest BCUT2D eigenvalue weighted by molar-refractivity contribution is 6.01. The fourth-order valence-corrected chi connectivity index (χ4v) is 3.48. The second-order valence-corrected chi connectivity index (χ2v) is 7.84. The van der Waals surface area contributed by atoms with Crippen molar-refractivity contribution in [2.75, 3.05) is 0 Å². The first-order valence-electron chi connectivity index (χ1n) is 9.14. The van der Waals surface area contributed by atoms with Gasteiger partial charge in [0.2, 0.25) is 0 Å². The number of aliphatic carboxylic acids is 1. The van der Waals surface area contributed by atoms with Gasteiger partial charge in [0.1, 0.15) is 0 Å². The Morgan fingerprint density at radius 3 is 2.46 bits per heavy atom. The van der Waals surface area contributed by atoms with Crippen LogP contribution in [-0.4, -0.2) is 16.7 Å². The largest absolute Gasteiger partial charge is 0.479 e. The van der Waals surface area contributed by atoms with Crippen molar-refractivity contribution in [1.82, 2.24) is 0 Å². The Hall–Kier alpha value is -3.16. The number of hydrogen-bond acceptors (Lipinski definition) is 3. The SMILES string of the molecule is Cc1cc2ccccc2c(-c2cccc(C#N)c2)c1[C@H](OC(C)(C)C)C(=O)O. The number of ether oxygens (including phenoxy) is 1. The maximum Gasteiger partial charge on any atom is 0.337 e. The second-order valence-electron chi connectivity index (χ2n) is 7.84. The van der Waals surface area contributed by atoms with Crippen LogP contribution in [0, 0.1) is 18.3 Å². The van der Waals surface area contributed by atoms with Crippen LogP contribution in [0.1, 0.15) is 43.6 Å². The molecular formula is C24H23NO3. The van der Waals surface area contributed by atoms with Gasteiger partial charge < -0.3 is 9.84 Å². The molecular weight excluding hydrogens is 350 g/mol. The Morgan fingerprint density at radius 1 is 1.11 bits per heavy atom. The molecule has 28 heavy (non-hydrogen) atoms. The Labute approximate surface area is 165 Å². The minimum absolute atomic E-state index is 0.526. The highest BCUT2D eigenvalue weighted by atomic mass is 16.5. The molecule has 3 rings (SSSR count). The summed E-state index contributed by atoms with van der Waals surface area (Å²) in [5.41, 5.74) is 2.95. The normalized spacial score (nSPS) is 12.5. The van der Waals surface area contributed by atoms with Gasteiger partial charge in [0.15, 0.2) is 6.10 Å². The number of nitrogens with zero attached hydrogens (tertiary/aromatic N) is 1. The fraction of sp³-hybridized carbons (Fsp3) is 0.250. The molecule has 1 N–H and O–H groups in total. The monoisotopic (exact) mass is 373 g/mol. The summed E-state index contributed by atoms with van der Waals surface area (Å²) in [6.07, 6.45) is -1.12. The Balaban J connectivity index is 2.40. The zero-order chi connectivity index (χ0) is 20.5. The van der Waals surface area contributed by atoms with E-state index in [2.05, 4.69) is 6.07 Å². The number of carboxylic acid groups (broad SMARTS) is 1. The molecule has 0 aromatic heterocycles. The van der Waals surface area contributed by atoms with Crippen LogP contribution in [0.2, 0.25) is 0 Å². The summed E-state index contributed by atoms with van der Waals surface area (Å²) in [6, 6.07) is 19.3. The molecule has 0 aliphatic rings. The summed E-state index contributed by atoms with van der Waals surface area (Å²) >= 11 is 0. The highest BCUT2D eigenvalue weighted by Gasteiger charge is 2.31. The Bertz CT molecular complexity index is 1090. The molecule has 0 unspecified atom stereocenters. The van der Waals surface area contributed by atoms with Crippen LogP contribution in [0.15, 0.2) is 54.6 Å². The number of carbonyl (C=O) groups is 1. The van der Waals surface area contributed by atoms with E-state index in [-0.39, 0.29) is 0 Å². The van der Waals surface area contributed by atoms with E-state index in [0.29, 0.717) is 11.1 Å². The summed E-state index contributed by atoms with van der Waals surface area (Å²) in [7, 11) is 0. The second kappa shape index (κ2) is 7.46. The van der Waals surface area contributed by atoms with E-state index in [1.165, 1.54) is 0 Å². The molecule has 0 bridgehead atoms. The number of fused-ring (bicyclic) bond motifs is 1. The molecule has 3 aromatic rings. The molecule has 3 aromatic carbocycles. The predicted octanol–water partition coefficient (Wildman–Crippen LogP) is 5.63.